The number of aromatic nitrogens is 1. The molecule has 1 aromatic heterocycles. The predicted octanol–water partition coefficient (Wildman–Crippen LogP) is 3.89. The van der Waals surface area contributed by atoms with Crippen molar-refractivity contribution in [2.24, 2.45) is 0 Å². The van der Waals surface area contributed by atoms with Gasteiger partial charge in [0.25, 0.3) is 0 Å². The minimum Gasteiger partial charge on any atom is -0.338 e. The van der Waals surface area contributed by atoms with Gasteiger partial charge in [-0.25, -0.2) is 9.78 Å². The van der Waals surface area contributed by atoms with Gasteiger partial charge < -0.3 is 10.2 Å². The summed E-state index contributed by atoms with van der Waals surface area (Å²) in [6.45, 7) is 4.36. The number of nitrogens with zero attached hydrogens (tertiary/aromatic N) is 3. The lowest BCUT2D eigenvalue weighted by Gasteiger charge is -2.28. The maximum absolute atomic E-state index is 12.4. The molecule has 146 valence electrons. The zero-order valence-corrected chi connectivity index (χ0v) is 17.0. The quantitative estimate of drug-likeness (QED) is 0.646. The van der Waals surface area contributed by atoms with Gasteiger partial charge in [-0.2, -0.15) is 0 Å². The lowest BCUT2D eigenvalue weighted by molar-refractivity contribution is 0.204. The highest BCUT2D eigenvalue weighted by molar-refractivity contribution is 7.18. The Kier molecular flexibility index (Phi) is 5.88. The number of rotatable bonds is 6. The van der Waals surface area contributed by atoms with Gasteiger partial charge in [-0.05, 0) is 36.1 Å². The van der Waals surface area contributed by atoms with Crippen molar-refractivity contribution in [1.29, 1.82) is 0 Å². The van der Waals surface area contributed by atoms with Crippen LogP contribution in [0.25, 0.3) is 10.2 Å². The van der Waals surface area contributed by atoms with E-state index in [0.717, 1.165) is 47.7 Å². The van der Waals surface area contributed by atoms with Gasteiger partial charge >= 0.3 is 6.03 Å². The number of carbonyl (C=O) groups excluding carboxylic acids is 1. The number of hydrogen-bond donors (Lipinski definition) is 1. The predicted molar refractivity (Wildman–Crippen MR) is 115 cm³/mol. The number of para-hydroxylation sites is 1. The molecule has 0 radical (unpaired) electrons. The van der Waals surface area contributed by atoms with E-state index in [1.807, 2.05) is 25.2 Å². The maximum Gasteiger partial charge on any atom is 0.317 e. The van der Waals surface area contributed by atoms with Gasteiger partial charge in [0.2, 0.25) is 0 Å². The third kappa shape index (κ3) is 4.51. The molecule has 0 unspecified atom stereocenters. The number of benzene rings is 2. The molecule has 0 fully saturated rings. The van der Waals surface area contributed by atoms with E-state index >= 15 is 0 Å². The van der Waals surface area contributed by atoms with E-state index in [9.17, 15) is 4.79 Å². The molecule has 1 N–H and O–H groups in total. The highest BCUT2D eigenvalue weighted by atomic mass is 32.1. The van der Waals surface area contributed by atoms with E-state index in [2.05, 4.69) is 45.5 Å². The number of fused-ring (bicyclic) bond motifs is 2. The van der Waals surface area contributed by atoms with Crippen LogP contribution in [0.4, 0.5) is 4.79 Å². The molecule has 3 aromatic rings. The van der Waals surface area contributed by atoms with Crippen LogP contribution in [0, 0.1) is 0 Å². The van der Waals surface area contributed by atoms with Gasteiger partial charge in [0, 0.05) is 33.2 Å². The normalized spacial score (nSPS) is 14.0. The summed E-state index contributed by atoms with van der Waals surface area (Å²) in [6.07, 6.45) is 2.08. The van der Waals surface area contributed by atoms with Crippen LogP contribution < -0.4 is 5.32 Å². The first-order valence-corrected chi connectivity index (χ1v) is 10.6. The van der Waals surface area contributed by atoms with Crippen LogP contribution in [0.3, 0.4) is 0 Å². The van der Waals surface area contributed by atoms with E-state index in [-0.39, 0.29) is 6.03 Å². The fourth-order valence-electron chi connectivity index (χ4n) is 3.64. The van der Waals surface area contributed by atoms with Crippen LogP contribution >= 0.6 is 11.3 Å². The summed E-state index contributed by atoms with van der Waals surface area (Å²) in [7, 11) is 1.82. The number of thiazole rings is 1. The third-order valence-electron chi connectivity index (χ3n) is 5.19. The van der Waals surface area contributed by atoms with Crippen molar-refractivity contribution in [1.82, 2.24) is 20.1 Å². The summed E-state index contributed by atoms with van der Waals surface area (Å²) in [5, 5.41) is 4.00. The number of amides is 2. The van der Waals surface area contributed by atoms with Crippen molar-refractivity contribution in [2.45, 2.75) is 25.9 Å². The van der Waals surface area contributed by atoms with Gasteiger partial charge in [-0.3, -0.25) is 4.90 Å². The van der Waals surface area contributed by atoms with Crippen LogP contribution in [0.1, 0.15) is 22.6 Å². The Labute approximate surface area is 170 Å². The van der Waals surface area contributed by atoms with Gasteiger partial charge in [-0.15, -0.1) is 11.3 Å². The lowest BCUT2D eigenvalue weighted by Crippen LogP contribution is -2.38. The Morgan fingerprint density at radius 2 is 1.96 bits per heavy atom. The molecule has 6 heteroatoms. The molecule has 0 saturated carbocycles. The molecule has 2 heterocycles. The molecule has 2 amide bonds. The van der Waals surface area contributed by atoms with Crippen molar-refractivity contribution in [2.75, 3.05) is 26.7 Å². The summed E-state index contributed by atoms with van der Waals surface area (Å²) < 4.78 is 1.16. The Hall–Kier alpha value is -2.44. The highest BCUT2D eigenvalue weighted by Gasteiger charge is 2.15. The van der Waals surface area contributed by atoms with E-state index in [1.54, 1.807) is 16.2 Å². The van der Waals surface area contributed by atoms with Crippen molar-refractivity contribution >= 4 is 27.6 Å². The number of urea groups is 1. The maximum atomic E-state index is 12.4. The second kappa shape index (κ2) is 8.71. The van der Waals surface area contributed by atoms with Gasteiger partial charge in [0.05, 0.1) is 16.8 Å². The number of hydrogen-bond acceptors (Lipinski definition) is 4. The molecule has 0 bridgehead atoms. The minimum absolute atomic E-state index is 0.0387. The lowest BCUT2D eigenvalue weighted by atomic mass is 10.00. The zero-order valence-electron chi connectivity index (χ0n) is 16.2. The van der Waals surface area contributed by atoms with Crippen molar-refractivity contribution in [3.8, 4) is 0 Å². The largest absolute Gasteiger partial charge is 0.338 e. The van der Waals surface area contributed by atoms with Crippen molar-refractivity contribution < 1.29 is 4.79 Å². The van der Waals surface area contributed by atoms with Crippen LogP contribution in [0.5, 0.6) is 0 Å². The van der Waals surface area contributed by atoms with Crippen LogP contribution in [-0.2, 0) is 19.5 Å². The Morgan fingerprint density at radius 1 is 1.18 bits per heavy atom. The van der Waals surface area contributed by atoms with Crippen LogP contribution in [0.15, 0.2) is 48.5 Å². The summed E-state index contributed by atoms with van der Waals surface area (Å²) in [5.41, 5.74) is 3.91. The average molecular weight is 395 g/mol. The first kappa shape index (κ1) is 18.9. The van der Waals surface area contributed by atoms with Crippen molar-refractivity contribution in [3.63, 3.8) is 0 Å². The third-order valence-corrected chi connectivity index (χ3v) is 6.22. The molecule has 0 atom stereocenters. The van der Waals surface area contributed by atoms with Gasteiger partial charge in [0.1, 0.15) is 5.01 Å². The minimum atomic E-state index is -0.0387. The first-order valence-electron chi connectivity index (χ1n) is 9.81. The van der Waals surface area contributed by atoms with Gasteiger partial charge in [0.15, 0.2) is 0 Å². The van der Waals surface area contributed by atoms with E-state index in [4.69, 9.17) is 0 Å². The summed E-state index contributed by atoms with van der Waals surface area (Å²) >= 11 is 1.65. The second-order valence-electron chi connectivity index (χ2n) is 7.31. The molecule has 1 aliphatic rings. The molecule has 28 heavy (non-hydrogen) atoms. The Balaban J connectivity index is 1.19. The van der Waals surface area contributed by atoms with E-state index in [0.29, 0.717) is 13.1 Å². The highest BCUT2D eigenvalue weighted by Crippen LogP contribution is 2.22. The fraction of sp³-hybridized carbons (Fsp3) is 0.364. The molecular formula is C22H26N4OS. The molecular weight excluding hydrogens is 368 g/mol. The van der Waals surface area contributed by atoms with Crippen molar-refractivity contribution in [3.05, 3.63) is 64.7 Å². The molecule has 1 aliphatic heterocycles. The smallest absolute Gasteiger partial charge is 0.317 e. The van der Waals surface area contributed by atoms with E-state index < -0.39 is 0 Å². The molecule has 2 aromatic carbocycles. The number of nitrogens with one attached hydrogen (secondary N) is 1. The molecule has 4 rings (SSSR count). The molecule has 0 aliphatic carbocycles. The summed E-state index contributed by atoms with van der Waals surface area (Å²) in [5.74, 6) is 0. The fourth-order valence-corrected chi connectivity index (χ4v) is 4.66. The topological polar surface area (TPSA) is 48.5 Å². The standard InChI is InChI=1S/C22H26N4OS/c1-25(16-21-24-19-9-4-5-10-20(19)28-21)22(27)23-12-6-13-26-14-11-17-7-2-3-8-18(17)15-26/h2-5,7-10H,6,11-16H2,1H3,(H,23,27). The zero-order chi connectivity index (χ0) is 19.3. The average Bonchev–Trinajstić information content (AvgIpc) is 3.13. The van der Waals surface area contributed by atoms with E-state index in [1.165, 1.54) is 11.1 Å². The van der Waals surface area contributed by atoms with Gasteiger partial charge in [-0.1, -0.05) is 36.4 Å². The van der Waals surface area contributed by atoms with Crippen LogP contribution in [-0.4, -0.2) is 47.5 Å². The molecule has 0 saturated heterocycles. The summed E-state index contributed by atoms with van der Waals surface area (Å²) in [4.78, 5) is 21.1. The second-order valence-corrected chi connectivity index (χ2v) is 8.43. The number of carbonyl (C=O) groups is 1. The Morgan fingerprint density at radius 3 is 2.82 bits per heavy atom. The summed E-state index contributed by atoms with van der Waals surface area (Å²) in [6, 6.07) is 16.7. The molecule has 0 spiro atoms. The Bertz CT molecular complexity index is 921. The molecule has 5 nitrogen and oxygen atoms in total. The monoisotopic (exact) mass is 394 g/mol. The first-order chi connectivity index (χ1) is 13.7. The SMILES string of the molecule is CN(Cc1nc2ccccc2s1)C(=O)NCCCN1CCc2ccccc2C1. The van der Waals surface area contributed by atoms with Crippen LogP contribution in [0.2, 0.25) is 0 Å².